The number of imide groups is 1. The van der Waals surface area contributed by atoms with E-state index < -0.39 is 17.9 Å². The number of carbonyl (C=O) groups excluding carboxylic acids is 3. The molecule has 5 aromatic rings. The predicted molar refractivity (Wildman–Crippen MR) is 222 cm³/mol. The Kier molecular flexibility index (Phi) is 13.4. The first-order chi connectivity index (χ1) is 27.9. The predicted octanol–water partition coefficient (Wildman–Crippen LogP) is 6.27. The van der Waals surface area contributed by atoms with Crippen molar-refractivity contribution in [2.45, 2.75) is 51.0 Å². The summed E-state index contributed by atoms with van der Waals surface area (Å²) in [4.78, 5) is 57.4. The van der Waals surface area contributed by atoms with E-state index in [9.17, 15) is 14.4 Å². The van der Waals surface area contributed by atoms with Crippen molar-refractivity contribution >= 4 is 39.5 Å². The molecule has 2 aliphatic heterocycles. The molecular formula is C45H53N7O5. The zero-order valence-electron chi connectivity index (χ0n) is 32.9. The van der Waals surface area contributed by atoms with Crippen molar-refractivity contribution < 1.29 is 23.9 Å². The van der Waals surface area contributed by atoms with Gasteiger partial charge in [-0.25, -0.2) is 0 Å². The molecule has 2 N–H and O–H groups in total. The van der Waals surface area contributed by atoms with Gasteiger partial charge in [0.1, 0.15) is 11.8 Å². The Labute approximate surface area is 334 Å². The largest absolute Gasteiger partial charge is 0.494 e. The zero-order chi connectivity index (χ0) is 39.6. The molecule has 2 aliphatic rings. The Morgan fingerprint density at radius 1 is 0.842 bits per heavy atom. The monoisotopic (exact) mass is 771 g/mol. The number of carbonyl (C=O) groups is 3. The van der Waals surface area contributed by atoms with Crippen molar-refractivity contribution in [1.82, 2.24) is 35.0 Å². The van der Waals surface area contributed by atoms with Gasteiger partial charge in [-0.15, -0.1) is 6.58 Å². The number of fused-ring (bicyclic) bond motifs is 4. The second-order valence-electron chi connectivity index (χ2n) is 14.8. The van der Waals surface area contributed by atoms with Crippen LogP contribution in [0, 0.1) is 0 Å². The minimum Gasteiger partial charge on any atom is -0.494 e. The number of unbranched alkanes of at least 4 members (excludes halogenated alkanes) is 2. The van der Waals surface area contributed by atoms with Crippen LogP contribution in [0.4, 0.5) is 0 Å². The molecule has 298 valence electrons. The third-order valence-electron chi connectivity index (χ3n) is 11.1. The third kappa shape index (κ3) is 9.58. The third-order valence-corrected chi connectivity index (χ3v) is 11.1. The Hall–Kier alpha value is -5.43. The molecule has 3 amide bonds. The Morgan fingerprint density at radius 2 is 1.63 bits per heavy atom. The Balaban J connectivity index is 0.726. The van der Waals surface area contributed by atoms with E-state index in [1.54, 1.807) is 24.3 Å². The van der Waals surface area contributed by atoms with Gasteiger partial charge in [0.05, 0.1) is 24.3 Å². The Bertz CT molecular complexity index is 2180. The highest BCUT2D eigenvalue weighted by Crippen LogP contribution is 2.31. The smallest absolute Gasteiger partial charge is 0.262 e. The number of amides is 3. The Morgan fingerprint density at radius 3 is 2.42 bits per heavy atom. The van der Waals surface area contributed by atoms with Crippen molar-refractivity contribution in [1.29, 1.82) is 0 Å². The number of aromatic nitrogens is 3. The first-order valence-electron chi connectivity index (χ1n) is 20.2. The molecule has 0 radical (unpaired) electrons. The first-order valence-corrected chi connectivity index (χ1v) is 20.2. The second-order valence-corrected chi connectivity index (χ2v) is 14.8. The normalized spacial score (nSPS) is 15.4. The molecule has 57 heavy (non-hydrogen) atoms. The lowest BCUT2D eigenvalue weighted by molar-refractivity contribution is -0.124. The summed E-state index contributed by atoms with van der Waals surface area (Å²) < 4.78 is 11.9. The van der Waals surface area contributed by atoms with E-state index in [0.29, 0.717) is 30.8 Å². The molecule has 0 bridgehead atoms. The van der Waals surface area contributed by atoms with Crippen LogP contribution in [0.3, 0.4) is 0 Å². The average Bonchev–Trinajstić information content (AvgIpc) is 3.73. The number of hydrogen-bond donors (Lipinski definition) is 2. The van der Waals surface area contributed by atoms with Gasteiger partial charge in [-0.3, -0.25) is 34.2 Å². The van der Waals surface area contributed by atoms with Crippen molar-refractivity contribution in [3.8, 4) is 16.9 Å². The van der Waals surface area contributed by atoms with Gasteiger partial charge in [0.15, 0.2) is 0 Å². The number of nitrogens with zero attached hydrogens (tertiary/aromatic N) is 5. The van der Waals surface area contributed by atoms with Gasteiger partial charge in [-0.2, -0.15) is 0 Å². The summed E-state index contributed by atoms with van der Waals surface area (Å²) >= 11 is 0. The molecule has 1 saturated heterocycles. The first kappa shape index (κ1) is 39.8. The number of allylic oxidation sites excluding steroid dienone is 1. The molecule has 3 aromatic heterocycles. The zero-order valence-corrected chi connectivity index (χ0v) is 32.9. The molecule has 0 spiro atoms. The number of rotatable bonds is 20. The standard InChI is InChI=1S/C45H53N7O5/c1-3-4-10-42(43(53)46-2)52-44(54)37-16-14-35(29-38(37)45(52)55)57-26-7-5-6-25-56-27-24-51-22-20-50(21-23-51)19-8-9-34-13-11-33(30-48-34)32-12-15-36-39-31-47-18-17-40(39)49-41(36)28-32/h3,11-18,28-31,42,49H,1,4-10,19-27H2,2H3,(H,46,53). The van der Waals surface area contributed by atoms with Gasteiger partial charge in [0, 0.05) is 98.0 Å². The van der Waals surface area contributed by atoms with Crippen LogP contribution in [0.5, 0.6) is 5.75 Å². The van der Waals surface area contributed by atoms with Crippen molar-refractivity contribution in [2.75, 3.05) is 66.1 Å². The fraction of sp³-hybridized carbons (Fsp3) is 0.400. The summed E-state index contributed by atoms with van der Waals surface area (Å²) in [6.45, 7) is 12.0. The molecule has 0 aliphatic carbocycles. The maximum atomic E-state index is 13.2. The van der Waals surface area contributed by atoms with E-state index in [1.165, 1.54) is 12.4 Å². The van der Waals surface area contributed by atoms with Crippen LogP contribution < -0.4 is 10.1 Å². The van der Waals surface area contributed by atoms with E-state index in [4.69, 9.17) is 14.5 Å². The van der Waals surface area contributed by atoms with E-state index in [0.717, 1.165) is 123 Å². The average molecular weight is 772 g/mol. The van der Waals surface area contributed by atoms with Gasteiger partial charge in [0.25, 0.3) is 11.8 Å². The number of H-pyrrole nitrogens is 1. The van der Waals surface area contributed by atoms with Gasteiger partial charge in [-0.1, -0.05) is 24.3 Å². The second kappa shape index (κ2) is 19.1. The summed E-state index contributed by atoms with van der Waals surface area (Å²) in [5.41, 5.74) is 6.19. The van der Waals surface area contributed by atoms with Gasteiger partial charge in [0.2, 0.25) is 5.91 Å². The maximum absolute atomic E-state index is 13.2. The molecular weight excluding hydrogens is 719 g/mol. The number of benzene rings is 2. The highest BCUT2D eigenvalue weighted by molar-refractivity contribution is 6.23. The van der Waals surface area contributed by atoms with Crippen molar-refractivity contribution in [3.63, 3.8) is 0 Å². The maximum Gasteiger partial charge on any atom is 0.262 e. The number of nitrogens with one attached hydrogen (secondary N) is 2. The van der Waals surface area contributed by atoms with Crippen molar-refractivity contribution in [3.05, 3.63) is 103 Å². The van der Waals surface area contributed by atoms with Gasteiger partial charge >= 0.3 is 0 Å². The number of aryl methyl sites for hydroxylation is 1. The number of pyridine rings is 2. The highest BCUT2D eigenvalue weighted by Gasteiger charge is 2.42. The lowest BCUT2D eigenvalue weighted by Crippen LogP contribution is -2.48. The molecule has 1 fully saturated rings. The summed E-state index contributed by atoms with van der Waals surface area (Å²) in [5, 5.41) is 4.89. The van der Waals surface area contributed by atoms with E-state index in [-0.39, 0.29) is 11.5 Å². The molecule has 0 saturated carbocycles. The summed E-state index contributed by atoms with van der Waals surface area (Å²) in [6, 6.07) is 16.9. The van der Waals surface area contributed by atoms with E-state index >= 15 is 0 Å². The quantitative estimate of drug-likeness (QED) is 0.0534. The van der Waals surface area contributed by atoms with Crippen LogP contribution in [0.15, 0.2) is 85.8 Å². The molecule has 2 aromatic carbocycles. The van der Waals surface area contributed by atoms with Crippen LogP contribution in [-0.2, 0) is 16.0 Å². The number of hydrogen-bond acceptors (Lipinski definition) is 9. The molecule has 1 atom stereocenters. The van der Waals surface area contributed by atoms with Crippen LogP contribution >= 0.6 is 0 Å². The number of likely N-dealkylation sites (N-methyl/N-ethyl adjacent to an activating group) is 1. The minimum atomic E-state index is -0.883. The van der Waals surface area contributed by atoms with Crippen molar-refractivity contribution in [2.24, 2.45) is 0 Å². The number of aromatic amines is 1. The fourth-order valence-corrected chi connectivity index (χ4v) is 7.79. The van der Waals surface area contributed by atoms with E-state index in [1.807, 2.05) is 24.7 Å². The number of ether oxygens (including phenoxy) is 2. The summed E-state index contributed by atoms with van der Waals surface area (Å²) in [6.07, 6.45) is 13.1. The fourth-order valence-electron chi connectivity index (χ4n) is 7.79. The molecule has 5 heterocycles. The highest BCUT2D eigenvalue weighted by atomic mass is 16.5. The lowest BCUT2D eigenvalue weighted by Gasteiger charge is -2.34. The summed E-state index contributed by atoms with van der Waals surface area (Å²) in [5.74, 6) is -0.772. The van der Waals surface area contributed by atoms with Gasteiger partial charge < -0.3 is 24.7 Å². The lowest BCUT2D eigenvalue weighted by atomic mass is 10.0. The van der Waals surface area contributed by atoms with Gasteiger partial charge in [-0.05, 0) is 93.5 Å². The van der Waals surface area contributed by atoms with Crippen LogP contribution in [-0.4, -0.2) is 120 Å². The molecule has 1 unspecified atom stereocenters. The topological polar surface area (TPSA) is 133 Å². The molecule has 7 rings (SSSR count). The van der Waals surface area contributed by atoms with E-state index in [2.05, 4.69) is 62.0 Å². The van der Waals surface area contributed by atoms with Crippen LogP contribution in [0.1, 0.15) is 64.9 Å². The summed E-state index contributed by atoms with van der Waals surface area (Å²) in [7, 11) is 1.50. The van der Waals surface area contributed by atoms with Crippen LogP contribution in [0.2, 0.25) is 0 Å². The molecule has 12 nitrogen and oxygen atoms in total. The SMILES string of the molecule is C=CCCC(C(=O)NC)N1C(=O)c2ccc(OCCCCCOCCN3CCN(CCCc4ccc(-c5ccc6c(c5)[nH]c5ccncc56)cn4)CC3)cc2C1=O. The number of piperazine rings is 1. The molecule has 12 heteroatoms. The minimum absolute atomic E-state index is 0.269. The van der Waals surface area contributed by atoms with Crippen LogP contribution in [0.25, 0.3) is 32.9 Å².